The van der Waals surface area contributed by atoms with Crippen LogP contribution < -0.4 is 5.32 Å². The van der Waals surface area contributed by atoms with E-state index in [1.54, 1.807) is 24.3 Å². The molecule has 1 aromatic carbocycles. The van der Waals surface area contributed by atoms with Crippen molar-refractivity contribution in [1.29, 1.82) is 0 Å². The Labute approximate surface area is 161 Å². The average Bonchev–Trinajstić information content (AvgIpc) is 2.92. The van der Waals surface area contributed by atoms with Crippen LogP contribution in [0.15, 0.2) is 39.6 Å². The fourth-order valence-electron chi connectivity index (χ4n) is 3.67. The van der Waals surface area contributed by atoms with Gasteiger partial charge in [-0.1, -0.05) is 31.5 Å². The van der Waals surface area contributed by atoms with E-state index in [1.807, 2.05) is 19.9 Å². The highest BCUT2D eigenvalue weighted by atomic mass is 32.2. The van der Waals surface area contributed by atoms with E-state index >= 15 is 0 Å². The van der Waals surface area contributed by atoms with E-state index in [0.29, 0.717) is 0 Å². The summed E-state index contributed by atoms with van der Waals surface area (Å²) in [6.07, 6.45) is 1.58. The molecular weight excluding hydrogens is 362 g/mol. The monoisotopic (exact) mass is 389 g/mol. The van der Waals surface area contributed by atoms with Crippen LogP contribution in [0.3, 0.4) is 0 Å². The molecule has 1 aliphatic carbocycles. The standard InChI is InChI=1S/C21H27NO4S/c1-14-5-7-16(8-6-14)27(24,25)10-9-20(23)22-18-12-21(3,4)13-19-17(18)11-15(2)26-19/h5-8,11,18H,9-10,12-13H2,1-4H3,(H,22,23). The van der Waals surface area contributed by atoms with Crippen molar-refractivity contribution in [2.75, 3.05) is 5.75 Å². The molecule has 0 saturated carbocycles. The summed E-state index contributed by atoms with van der Waals surface area (Å²) in [5, 5.41) is 3.01. The third-order valence-electron chi connectivity index (χ3n) is 5.05. The Bertz CT molecular complexity index is 939. The van der Waals surface area contributed by atoms with Crippen LogP contribution in [-0.2, 0) is 21.1 Å². The van der Waals surface area contributed by atoms with E-state index in [2.05, 4.69) is 19.2 Å². The maximum atomic E-state index is 12.5. The van der Waals surface area contributed by atoms with Crippen molar-refractivity contribution in [3.05, 3.63) is 53.0 Å². The molecule has 146 valence electrons. The van der Waals surface area contributed by atoms with Crippen LogP contribution in [0, 0.1) is 19.3 Å². The summed E-state index contributed by atoms with van der Waals surface area (Å²) in [5.41, 5.74) is 2.03. The minimum Gasteiger partial charge on any atom is -0.466 e. The third kappa shape index (κ3) is 4.61. The smallest absolute Gasteiger partial charge is 0.221 e. The number of rotatable bonds is 5. The van der Waals surface area contributed by atoms with Gasteiger partial charge in [0.1, 0.15) is 11.5 Å². The van der Waals surface area contributed by atoms with Gasteiger partial charge in [-0.25, -0.2) is 8.42 Å². The molecule has 1 aliphatic rings. The summed E-state index contributed by atoms with van der Waals surface area (Å²) in [5.74, 6) is 1.30. The molecular formula is C21H27NO4S. The number of aryl methyl sites for hydroxylation is 2. The Hall–Kier alpha value is -2.08. The van der Waals surface area contributed by atoms with E-state index in [0.717, 1.165) is 35.5 Å². The van der Waals surface area contributed by atoms with Gasteiger partial charge in [-0.2, -0.15) is 0 Å². The van der Waals surface area contributed by atoms with Crippen LogP contribution >= 0.6 is 0 Å². The number of furan rings is 1. The van der Waals surface area contributed by atoms with Gasteiger partial charge in [0, 0.05) is 18.4 Å². The number of fused-ring (bicyclic) bond motifs is 1. The van der Waals surface area contributed by atoms with Crippen LogP contribution in [0.5, 0.6) is 0 Å². The summed E-state index contributed by atoms with van der Waals surface area (Å²) >= 11 is 0. The lowest BCUT2D eigenvalue weighted by molar-refractivity contribution is -0.121. The van der Waals surface area contributed by atoms with Gasteiger partial charge in [-0.15, -0.1) is 0 Å². The molecule has 0 fully saturated rings. The Morgan fingerprint density at radius 1 is 1.22 bits per heavy atom. The highest BCUT2D eigenvalue weighted by molar-refractivity contribution is 7.91. The molecule has 0 bridgehead atoms. The van der Waals surface area contributed by atoms with Crippen molar-refractivity contribution < 1.29 is 17.6 Å². The Morgan fingerprint density at radius 3 is 2.56 bits per heavy atom. The van der Waals surface area contributed by atoms with Crippen molar-refractivity contribution >= 4 is 15.7 Å². The number of hydrogen-bond acceptors (Lipinski definition) is 4. The summed E-state index contributed by atoms with van der Waals surface area (Å²) < 4.78 is 30.7. The number of nitrogens with one attached hydrogen (secondary N) is 1. The zero-order chi connectivity index (χ0) is 19.8. The van der Waals surface area contributed by atoms with Crippen LogP contribution in [0.2, 0.25) is 0 Å². The second-order valence-electron chi connectivity index (χ2n) is 8.28. The van der Waals surface area contributed by atoms with Gasteiger partial charge in [-0.05, 0) is 43.9 Å². The summed E-state index contributed by atoms with van der Waals surface area (Å²) in [6.45, 7) is 8.10. The van der Waals surface area contributed by atoms with Crippen molar-refractivity contribution in [1.82, 2.24) is 5.32 Å². The van der Waals surface area contributed by atoms with Crippen LogP contribution in [0.25, 0.3) is 0 Å². The van der Waals surface area contributed by atoms with E-state index in [1.165, 1.54) is 0 Å². The Morgan fingerprint density at radius 2 is 1.89 bits per heavy atom. The van der Waals surface area contributed by atoms with Gasteiger partial charge in [0.25, 0.3) is 0 Å². The number of benzene rings is 1. The number of carbonyl (C=O) groups is 1. The van der Waals surface area contributed by atoms with Gasteiger partial charge in [0.2, 0.25) is 5.91 Å². The highest BCUT2D eigenvalue weighted by Crippen LogP contribution is 2.42. The van der Waals surface area contributed by atoms with Gasteiger partial charge < -0.3 is 9.73 Å². The van der Waals surface area contributed by atoms with Crippen molar-refractivity contribution in [3.8, 4) is 0 Å². The van der Waals surface area contributed by atoms with Gasteiger partial charge in [0.15, 0.2) is 9.84 Å². The number of hydrogen-bond donors (Lipinski definition) is 1. The molecule has 0 spiro atoms. The van der Waals surface area contributed by atoms with Crippen LogP contribution in [0.4, 0.5) is 0 Å². The van der Waals surface area contributed by atoms with Crippen LogP contribution in [0.1, 0.15) is 55.4 Å². The topological polar surface area (TPSA) is 76.4 Å². The second kappa shape index (κ2) is 7.15. The average molecular weight is 390 g/mol. The number of amides is 1. The largest absolute Gasteiger partial charge is 0.466 e. The van der Waals surface area contributed by atoms with E-state index in [-0.39, 0.29) is 34.4 Å². The first-order valence-electron chi connectivity index (χ1n) is 9.24. The molecule has 6 heteroatoms. The molecule has 27 heavy (non-hydrogen) atoms. The molecule has 2 aromatic rings. The molecule has 0 saturated heterocycles. The van der Waals surface area contributed by atoms with E-state index in [4.69, 9.17) is 4.42 Å². The molecule has 0 radical (unpaired) electrons. The molecule has 3 rings (SSSR count). The van der Waals surface area contributed by atoms with Crippen molar-refractivity contribution in [2.24, 2.45) is 5.41 Å². The summed E-state index contributed by atoms with van der Waals surface area (Å²) in [4.78, 5) is 12.7. The lowest BCUT2D eigenvalue weighted by Gasteiger charge is -2.34. The maximum Gasteiger partial charge on any atom is 0.221 e. The predicted molar refractivity (Wildman–Crippen MR) is 104 cm³/mol. The number of sulfone groups is 1. The lowest BCUT2D eigenvalue weighted by atomic mass is 9.74. The molecule has 1 N–H and O–H groups in total. The molecule has 1 amide bonds. The zero-order valence-electron chi connectivity index (χ0n) is 16.3. The maximum absolute atomic E-state index is 12.5. The molecule has 1 heterocycles. The van der Waals surface area contributed by atoms with E-state index < -0.39 is 9.84 Å². The van der Waals surface area contributed by atoms with Crippen molar-refractivity contribution in [2.45, 2.75) is 57.9 Å². The Balaban J connectivity index is 1.66. The molecule has 5 nitrogen and oxygen atoms in total. The lowest BCUT2D eigenvalue weighted by Crippen LogP contribution is -2.36. The second-order valence-corrected chi connectivity index (χ2v) is 10.4. The first-order valence-corrected chi connectivity index (χ1v) is 10.9. The highest BCUT2D eigenvalue weighted by Gasteiger charge is 2.35. The SMILES string of the molecule is Cc1ccc(S(=O)(=O)CCC(=O)NC2CC(C)(C)Cc3oc(C)cc32)cc1. The van der Waals surface area contributed by atoms with Gasteiger partial charge in [0.05, 0.1) is 16.7 Å². The predicted octanol–water partition coefficient (Wildman–Crippen LogP) is 3.89. The summed E-state index contributed by atoms with van der Waals surface area (Å²) in [7, 11) is -3.47. The third-order valence-corrected chi connectivity index (χ3v) is 6.78. The molecule has 1 atom stereocenters. The zero-order valence-corrected chi connectivity index (χ0v) is 17.2. The first-order chi connectivity index (χ1) is 12.6. The molecule has 0 aliphatic heterocycles. The van der Waals surface area contributed by atoms with Gasteiger partial charge in [-0.3, -0.25) is 4.79 Å². The molecule has 1 unspecified atom stereocenters. The van der Waals surface area contributed by atoms with Crippen molar-refractivity contribution in [3.63, 3.8) is 0 Å². The molecule has 1 aromatic heterocycles. The fourth-order valence-corrected chi connectivity index (χ4v) is 4.91. The Kier molecular flexibility index (Phi) is 5.21. The van der Waals surface area contributed by atoms with E-state index in [9.17, 15) is 13.2 Å². The minimum absolute atomic E-state index is 0.0171. The fraction of sp³-hybridized carbons (Fsp3) is 0.476. The summed E-state index contributed by atoms with van der Waals surface area (Å²) in [6, 6.07) is 8.54. The van der Waals surface area contributed by atoms with Crippen LogP contribution in [-0.4, -0.2) is 20.1 Å². The normalized spacial score (nSPS) is 18.7. The quantitative estimate of drug-likeness (QED) is 0.842. The number of carbonyl (C=O) groups excluding carboxylic acids is 1. The van der Waals surface area contributed by atoms with Gasteiger partial charge >= 0.3 is 0 Å². The minimum atomic E-state index is -3.47. The first kappa shape index (κ1) is 19.7.